The number of ether oxygens (including phenoxy) is 1. The molecule has 0 aromatic heterocycles. The lowest BCUT2D eigenvalue weighted by Gasteiger charge is -2.38. The first-order valence-corrected chi connectivity index (χ1v) is 6.85. The van der Waals surface area contributed by atoms with Gasteiger partial charge in [0.1, 0.15) is 0 Å². The molecule has 0 bridgehead atoms. The highest BCUT2D eigenvalue weighted by Crippen LogP contribution is 2.30. The molecule has 1 aromatic carbocycles. The summed E-state index contributed by atoms with van der Waals surface area (Å²) in [5.74, 6) is 0. The number of halogens is 3. The average Bonchev–Trinajstić information content (AvgIpc) is 2.39. The molecule has 1 atom stereocenters. The zero-order valence-electron chi connectivity index (χ0n) is 11.6. The van der Waals surface area contributed by atoms with Gasteiger partial charge in [-0.3, -0.25) is 0 Å². The topological polar surface area (TPSA) is 21.3 Å². The molecule has 1 fully saturated rings. The second kappa shape index (κ2) is 6.14. The van der Waals surface area contributed by atoms with Gasteiger partial charge in [-0.2, -0.15) is 13.2 Å². The third-order valence-electron chi connectivity index (χ3n) is 3.83. The van der Waals surface area contributed by atoms with Crippen LogP contribution >= 0.6 is 0 Å². The van der Waals surface area contributed by atoms with Gasteiger partial charge >= 0.3 is 6.18 Å². The first kappa shape index (κ1) is 15.3. The molecule has 0 spiro atoms. The summed E-state index contributed by atoms with van der Waals surface area (Å²) in [5.41, 5.74) is 0.162. The monoisotopic (exact) mass is 287 g/mol. The fraction of sp³-hybridized carbons (Fsp3) is 0.600. The molecule has 1 N–H and O–H groups in total. The van der Waals surface area contributed by atoms with Crippen molar-refractivity contribution in [3.63, 3.8) is 0 Å². The zero-order valence-corrected chi connectivity index (χ0v) is 11.6. The van der Waals surface area contributed by atoms with Crippen molar-refractivity contribution in [3.05, 3.63) is 35.4 Å². The third kappa shape index (κ3) is 3.73. The molecule has 2 nitrogen and oxygen atoms in total. The fourth-order valence-electron chi connectivity index (χ4n) is 2.83. The first-order valence-electron chi connectivity index (χ1n) is 6.85. The van der Waals surface area contributed by atoms with E-state index in [0.717, 1.165) is 43.5 Å². The van der Waals surface area contributed by atoms with Crippen LogP contribution in [0.1, 0.15) is 30.4 Å². The number of piperidine rings is 1. The lowest BCUT2D eigenvalue weighted by Crippen LogP contribution is -2.53. The van der Waals surface area contributed by atoms with Crippen LogP contribution in [0, 0.1) is 0 Å². The second-order valence-electron chi connectivity index (χ2n) is 5.47. The van der Waals surface area contributed by atoms with E-state index >= 15 is 0 Å². The Kier molecular flexibility index (Phi) is 4.70. The molecule has 1 aromatic rings. The number of hydrogen-bond acceptors (Lipinski definition) is 2. The van der Waals surface area contributed by atoms with Crippen LogP contribution in [0.3, 0.4) is 0 Å². The average molecular weight is 287 g/mol. The Balaban J connectivity index is 2.10. The molecule has 0 saturated carbocycles. The fourth-order valence-corrected chi connectivity index (χ4v) is 2.83. The highest BCUT2D eigenvalue weighted by molar-refractivity contribution is 5.26. The van der Waals surface area contributed by atoms with E-state index in [9.17, 15) is 13.2 Å². The molecular formula is C15H20F3NO. The van der Waals surface area contributed by atoms with Crippen molar-refractivity contribution in [1.82, 2.24) is 5.32 Å². The van der Waals surface area contributed by atoms with Gasteiger partial charge in [-0.05, 0) is 43.5 Å². The van der Waals surface area contributed by atoms with Crippen LogP contribution in [0.5, 0.6) is 0 Å². The maximum absolute atomic E-state index is 12.5. The first-order chi connectivity index (χ1) is 9.45. The molecule has 1 saturated heterocycles. The summed E-state index contributed by atoms with van der Waals surface area (Å²) in [7, 11) is 1.66. The maximum Gasteiger partial charge on any atom is 0.416 e. The van der Waals surface area contributed by atoms with Gasteiger partial charge in [0.25, 0.3) is 0 Å². The Labute approximate surface area is 117 Å². The molecule has 0 amide bonds. The minimum atomic E-state index is -4.27. The van der Waals surface area contributed by atoms with Crippen molar-refractivity contribution >= 4 is 0 Å². The smallest absolute Gasteiger partial charge is 0.383 e. The highest BCUT2D eigenvalue weighted by Gasteiger charge is 2.33. The highest BCUT2D eigenvalue weighted by atomic mass is 19.4. The lowest BCUT2D eigenvalue weighted by atomic mass is 9.83. The molecule has 5 heteroatoms. The van der Waals surface area contributed by atoms with Crippen LogP contribution in [-0.2, 0) is 17.3 Å². The van der Waals surface area contributed by atoms with E-state index in [2.05, 4.69) is 5.32 Å². The van der Waals surface area contributed by atoms with Crippen molar-refractivity contribution in [3.8, 4) is 0 Å². The van der Waals surface area contributed by atoms with Crippen LogP contribution in [0.25, 0.3) is 0 Å². The number of methoxy groups -OCH3 is 1. The van der Waals surface area contributed by atoms with Crippen LogP contribution in [-0.4, -0.2) is 25.8 Å². The van der Waals surface area contributed by atoms with E-state index in [4.69, 9.17) is 4.74 Å². The summed E-state index contributed by atoms with van der Waals surface area (Å²) < 4.78 is 42.9. The molecule has 1 aliphatic heterocycles. The number of benzene rings is 1. The van der Waals surface area contributed by atoms with Gasteiger partial charge in [-0.15, -0.1) is 0 Å². The van der Waals surface area contributed by atoms with Crippen LogP contribution in [0.15, 0.2) is 24.3 Å². The van der Waals surface area contributed by atoms with Crippen molar-refractivity contribution in [2.75, 3.05) is 20.3 Å². The molecule has 1 unspecified atom stereocenters. The molecule has 0 radical (unpaired) electrons. The standard InChI is InChI=1S/C15H20F3NO/c1-20-11-14(8-2-3-9-19-14)10-12-4-6-13(7-5-12)15(16,17)18/h4-7,19H,2-3,8-11H2,1H3. The molecule has 1 aliphatic rings. The van der Waals surface area contributed by atoms with Crippen molar-refractivity contribution in [2.45, 2.75) is 37.4 Å². The van der Waals surface area contributed by atoms with Crippen molar-refractivity contribution in [1.29, 1.82) is 0 Å². The van der Waals surface area contributed by atoms with E-state index < -0.39 is 11.7 Å². The Bertz CT molecular complexity index is 416. The third-order valence-corrected chi connectivity index (χ3v) is 3.83. The number of alkyl halides is 3. The maximum atomic E-state index is 12.5. The molecule has 2 rings (SSSR count). The van der Waals surface area contributed by atoms with E-state index in [1.807, 2.05) is 0 Å². The molecule has 112 valence electrons. The number of rotatable bonds is 4. The summed E-state index contributed by atoms with van der Waals surface area (Å²) in [4.78, 5) is 0. The Morgan fingerprint density at radius 1 is 1.20 bits per heavy atom. The van der Waals surface area contributed by atoms with Crippen LogP contribution in [0.4, 0.5) is 13.2 Å². The minimum Gasteiger partial charge on any atom is -0.383 e. The Hall–Kier alpha value is -1.07. The predicted molar refractivity (Wildman–Crippen MR) is 71.6 cm³/mol. The number of hydrogen-bond donors (Lipinski definition) is 1. The quantitative estimate of drug-likeness (QED) is 0.916. The van der Waals surface area contributed by atoms with Gasteiger partial charge in [0.05, 0.1) is 12.2 Å². The van der Waals surface area contributed by atoms with Crippen LogP contribution < -0.4 is 5.32 Å². The second-order valence-corrected chi connectivity index (χ2v) is 5.47. The summed E-state index contributed by atoms with van der Waals surface area (Å²) in [5, 5.41) is 3.48. The zero-order chi connectivity index (χ0) is 14.6. The SMILES string of the molecule is COCC1(Cc2ccc(C(F)(F)F)cc2)CCCCN1. The van der Waals surface area contributed by atoms with Gasteiger partial charge in [-0.1, -0.05) is 18.6 Å². The molecule has 0 aliphatic carbocycles. The Morgan fingerprint density at radius 3 is 2.40 bits per heavy atom. The predicted octanol–water partition coefficient (Wildman–Crippen LogP) is 3.41. The summed E-state index contributed by atoms with van der Waals surface area (Å²) in [6, 6.07) is 5.43. The van der Waals surface area contributed by atoms with Gasteiger partial charge < -0.3 is 10.1 Å². The summed E-state index contributed by atoms with van der Waals surface area (Å²) >= 11 is 0. The molecule has 20 heavy (non-hydrogen) atoms. The summed E-state index contributed by atoms with van der Waals surface area (Å²) in [6.45, 7) is 1.51. The molecule has 1 heterocycles. The van der Waals surface area contributed by atoms with Gasteiger partial charge in [0.15, 0.2) is 0 Å². The van der Waals surface area contributed by atoms with Gasteiger partial charge in [0.2, 0.25) is 0 Å². The minimum absolute atomic E-state index is 0.146. The van der Waals surface area contributed by atoms with E-state index in [1.54, 1.807) is 19.2 Å². The lowest BCUT2D eigenvalue weighted by molar-refractivity contribution is -0.137. The Morgan fingerprint density at radius 2 is 1.90 bits per heavy atom. The largest absolute Gasteiger partial charge is 0.416 e. The van der Waals surface area contributed by atoms with Crippen LogP contribution in [0.2, 0.25) is 0 Å². The van der Waals surface area contributed by atoms with E-state index in [1.165, 1.54) is 0 Å². The normalized spacial score (nSPS) is 23.8. The van der Waals surface area contributed by atoms with Gasteiger partial charge in [-0.25, -0.2) is 0 Å². The number of nitrogens with one attached hydrogen (secondary N) is 1. The van der Waals surface area contributed by atoms with E-state index in [0.29, 0.717) is 13.0 Å². The summed E-state index contributed by atoms with van der Waals surface area (Å²) in [6.07, 6.45) is -0.331. The van der Waals surface area contributed by atoms with Crippen molar-refractivity contribution in [2.24, 2.45) is 0 Å². The van der Waals surface area contributed by atoms with Crippen molar-refractivity contribution < 1.29 is 17.9 Å². The molecular weight excluding hydrogens is 267 g/mol. The van der Waals surface area contributed by atoms with E-state index in [-0.39, 0.29) is 5.54 Å². The van der Waals surface area contributed by atoms with Gasteiger partial charge in [0, 0.05) is 12.6 Å².